The monoisotopic (exact) mass is 136 g/mol. The number of hydrogen-bond donors (Lipinski definition) is 0. The van der Waals surface area contributed by atoms with Crippen LogP contribution in [0.1, 0.15) is 32.1 Å². The van der Waals surface area contributed by atoms with Gasteiger partial charge in [0.05, 0.1) is 0 Å². The molecule has 1 spiro atoms. The Morgan fingerprint density at radius 1 is 1.40 bits per heavy atom. The standard InChI is InChI=1S/C9H12O/c10-8-5-9(8)4-6-1-2-7(9)3-6/h6-7H,1-5H2/t6-,7+,9+/m1/s1. The van der Waals surface area contributed by atoms with Crippen molar-refractivity contribution < 1.29 is 4.79 Å². The summed E-state index contributed by atoms with van der Waals surface area (Å²) in [4.78, 5) is 11.1. The first kappa shape index (κ1) is 5.34. The van der Waals surface area contributed by atoms with Crippen LogP contribution >= 0.6 is 0 Å². The largest absolute Gasteiger partial charge is 0.299 e. The van der Waals surface area contributed by atoms with Crippen LogP contribution in [0.25, 0.3) is 0 Å². The molecule has 10 heavy (non-hydrogen) atoms. The lowest BCUT2D eigenvalue weighted by atomic mass is 9.86. The average Bonchev–Trinajstić information content (AvgIpc) is 2.31. The van der Waals surface area contributed by atoms with Crippen LogP contribution in [0.4, 0.5) is 0 Å². The fourth-order valence-electron chi connectivity index (χ4n) is 3.24. The highest BCUT2D eigenvalue weighted by Gasteiger charge is 2.64. The van der Waals surface area contributed by atoms with E-state index in [1.165, 1.54) is 25.7 Å². The van der Waals surface area contributed by atoms with Gasteiger partial charge in [-0.3, -0.25) is 4.79 Å². The Hall–Kier alpha value is -0.330. The van der Waals surface area contributed by atoms with Gasteiger partial charge < -0.3 is 0 Å². The lowest BCUT2D eigenvalue weighted by molar-refractivity contribution is -0.113. The molecule has 3 atom stereocenters. The molecule has 0 radical (unpaired) electrons. The van der Waals surface area contributed by atoms with Crippen molar-refractivity contribution >= 4 is 5.78 Å². The fourth-order valence-corrected chi connectivity index (χ4v) is 3.24. The Morgan fingerprint density at radius 3 is 2.50 bits per heavy atom. The smallest absolute Gasteiger partial charge is 0.140 e. The maximum absolute atomic E-state index is 11.1. The van der Waals surface area contributed by atoms with Gasteiger partial charge in [-0.2, -0.15) is 0 Å². The molecule has 0 N–H and O–H groups in total. The quantitative estimate of drug-likeness (QED) is 0.496. The van der Waals surface area contributed by atoms with Gasteiger partial charge in [0, 0.05) is 11.8 Å². The van der Waals surface area contributed by atoms with Crippen LogP contribution in [0.15, 0.2) is 0 Å². The Morgan fingerprint density at radius 2 is 2.20 bits per heavy atom. The fraction of sp³-hybridized carbons (Fsp3) is 0.889. The van der Waals surface area contributed by atoms with Gasteiger partial charge in [-0.1, -0.05) is 6.42 Å². The molecule has 3 rings (SSSR count). The van der Waals surface area contributed by atoms with Crippen LogP contribution in [-0.2, 0) is 4.79 Å². The minimum Gasteiger partial charge on any atom is -0.299 e. The van der Waals surface area contributed by atoms with Crippen molar-refractivity contribution in [3.05, 3.63) is 0 Å². The summed E-state index contributed by atoms with van der Waals surface area (Å²) in [7, 11) is 0. The zero-order valence-electron chi connectivity index (χ0n) is 6.10. The third-order valence-electron chi connectivity index (χ3n) is 3.88. The van der Waals surface area contributed by atoms with Crippen molar-refractivity contribution in [3.63, 3.8) is 0 Å². The zero-order chi connectivity index (χ0) is 6.77. The van der Waals surface area contributed by atoms with Crippen molar-refractivity contribution in [2.24, 2.45) is 17.3 Å². The van der Waals surface area contributed by atoms with Crippen LogP contribution in [0.2, 0.25) is 0 Å². The van der Waals surface area contributed by atoms with Crippen molar-refractivity contribution in [2.75, 3.05) is 0 Å². The summed E-state index contributed by atoms with van der Waals surface area (Å²) < 4.78 is 0. The summed E-state index contributed by atoms with van der Waals surface area (Å²) in [5, 5.41) is 0. The van der Waals surface area contributed by atoms with Gasteiger partial charge >= 0.3 is 0 Å². The van der Waals surface area contributed by atoms with Crippen molar-refractivity contribution in [1.29, 1.82) is 0 Å². The molecule has 3 aliphatic rings. The molecule has 0 aliphatic heterocycles. The first-order valence-electron chi connectivity index (χ1n) is 4.34. The summed E-state index contributed by atoms with van der Waals surface area (Å²) >= 11 is 0. The molecule has 2 bridgehead atoms. The van der Waals surface area contributed by atoms with Gasteiger partial charge in [0.1, 0.15) is 5.78 Å². The third kappa shape index (κ3) is 0.415. The van der Waals surface area contributed by atoms with Gasteiger partial charge in [0.2, 0.25) is 0 Å². The predicted molar refractivity (Wildman–Crippen MR) is 37.5 cm³/mol. The molecule has 1 heteroatoms. The summed E-state index contributed by atoms with van der Waals surface area (Å²) in [6.45, 7) is 0. The van der Waals surface area contributed by atoms with Crippen molar-refractivity contribution in [2.45, 2.75) is 32.1 Å². The number of fused-ring (bicyclic) bond motifs is 3. The lowest BCUT2D eigenvalue weighted by Crippen LogP contribution is -2.13. The zero-order valence-corrected chi connectivity index (χ0v) is 6.10. The Bertz CT molecular complexity index is 209. The van der Waals surface area contributed by atoms with Gasteiger partial charge in [0.15, 0.2) is 0 Å². The van der Waals surface area contributed by atoms with Crippen LogP contribution in [-0.4, -0.2) is 5.78 Å². The Labute approximate surface area is 60.8 Å². The summed E-state index contributed by atoms with van der Waals surface area (Å²) in [6, 6.07) is 0. The second-order valence-corrected chi connectivity index (χ2v) is 4.34. The molecular weight excluding hydrogens is 124 g/mol. The number of rotatable bonds is 0. The predicted octanol–water partition coefficient (Wildman–Crippen LogP) is 1.77. The second kappa shape index (κ2) is 1.32. The highest BCUT2D eigenvalue weighted by molar-refractivity contribution is 6.01. The highest BCUT2D eigenvalue weighted by atomic mass is 16.1. The maximum atomic E-state index is 11.1. The minimum absolute atomic E-state index is 0.281. The lowest BCUT2D eigenvalue weighted by Gasteiger charge is -2.17. The molecule has 1 nitrogen and oxygen atoms in total. The maximum Gasteiger partial charge on any atom is 0.140 e. The van der Waals surface area contributed by atoms with E-state index >= 15 is 0 Å². The highest BCUT2D eigenvalue weighted by Crippen LogP contribution is 2.65. The molecule has 0 unspecified atom stereocenters. The van der Waals surface area contributed by atoms with E-state index in [-0.39, 0.29) is 5.41 Å². The summed E-state index contributed by atoms with van der Waals surface area (Å²) in [5.41, 5.74) is 0.281. The van der Waals surface area contributed by atoms with E-state index in [9.17, 15) is 4.79 Å². The van der Waals surface area contributed by atoms with Gasteiger partial charge in [-0.25, -0.2) is 0 Å². The number of carbonyl (C=O) groups excluding carboxylic acids is 1. The van der Waals surface area contributed by atoms with Crippen molar-refractivity contribution in [3.8, 4) is 0 Å². The molecular formula is C9H12O. The Balaban J connectivity index is 1.98. The van der Waals surface area contributed by atoms with Gasteiger partial charge in [0.25, 0.3) is 0 Å². The first-order chi connectivity index (χ1) is 4.81. The van der Waals surface area contributed by atoms with E-state index in [2.05, 4.69) is 0 Å². The molecule has 0 heterocycles. The summed E-state index contributed by atoms with van der Waals surface area (Å²) in [5.74, 6) is 2.35. The molecule has 3 aliphatic carbocycles. The molecule has 3 saturated carbocycles. The van der Waals surface area contributed by atoms with Crippen LogP contribution in [0, 0.1) is 17.3 Å². The average molecular weight is 136 g/mol. The normalized spacial score (nSPS) is 56.6. The van der Waals surface area contributed by atoms with E-state index in [1.54, 1.807) is 0 Å². The van der Waals surface area contributed by atoms with E-state index in [0.29, 0.717) is 5.78 Å². The number of carbonyl (C=O) groups is 1. The number of hydrogen-bond acceptors (Lipinski definition) is 1. The summed E-state index contributed by atoms with van der Waals surface area (Å²) in [6.07, 6.45) is 6.35. The van der Waals surface area contributed by atoms with E-state index in [1.807, 2.05) is 0 Å². The van der Waals surface area contributed by atoms with E-state index < -0.39 is 0 Å². The SMILES string of the molecule is O=C1C[C@]12C[C@@H]1CC[C@H]2C1. The van der Waals surface area contributed by atoms with Crippen molar-refractivity contribution in [1.82, 2.24) is 0 Å². The number of Topliss-reactive ketones (excluding diaryl/α,β-unsaturated/α-hetero) is 1. The first-order valence-corrected chi connectivity index (χ1v) is 4.34. The topological polar surface area (TPSA) is 17.1 Å². The van der Waals surface area contributed by atoms with Gasteiger partial charge in [-0.15, -0.1) is 0 Å². The van der Waals surface area contributed by atoms with E-state index in [0.717, 1.165) is 18.3 Å². The van der Waals surface area contributed by atoms with Crippen LogP contribution in [0.3, 0.4) is 0 Å². The Kier molecular flexibility index (Phi) is 0.704. The molecule has 0 saturated heterocycles. The molecule has 54 valence electrons. The third-order valence-corrected chi connectivity index (χ3v) is 3.88. The molecule has 0 amide bonds. The molecule has 0 aromatic rings. The molecule has 0 aromatic heterocycles. The molecule has 0 aromatic carbocycles. The van der Waals surface area contributed by atoms with Crippen LogP contribution < -0.4 is 0 Å². The second-order valence-electron chi connectivity index (χ2n) is 4.34. The molecule has 3 fully saturated rings. The van der Waals surface area contributed by atoms with Gasteiger partial charge in [-0.05, 0) is 31.1 Å². The van der Waals surface area contributed by atoms with E-state index in [4.69, 9.17) is 0 Å². The number of ketones is 1. The minimum atomic E-state index is 0.281. The van der Waals surface area contributed by atoms with Crippen LogP contribution in [0.5, 0.6) is 0 Å².